The fourth-order valence-corrected chi connectivity index (χ4v) is 1.97. The summed E-state index contributed by atoms with van der Waals surface area (Å²) in [6.45, 7) is 0. The minimum Gasteiger partial charge on any atom is -0.475 e. The summed E-state index contributed by atoms with van der Waals surface area (Å²) in [4.78, 5) is 10.8. The van der Waals surface area contributed by atoms with Crippen LogP contribution >= 0.6 is 11.6 Å². The van der Waals surface area contributed by atoms with E-state index in [4.69, 9.17) is 26.0 Å². The Labute approximate surface area is 130 Å². The smallest absolute Gasteiger partial charge is 0.374 e. The Bertz CT molecular complexity index is 794. The summed E-state index contributed by atoms with van der Waals surface area (Å²) >= 11 is 5.81. The Balaban J connectivity index is 1.77. The third-order valence-corrected chi connectivity index (χ3v) is 3.17. The van der Waals surface area contributed by atoms with Gasteiger partial charge in [-0.05, 0) is 48.5 Å². The molecule has 5 nitrogen and oxygen atoms in total. The van der Waals surface area contributed by atoms with E-state index in [1.54, 1.807) is 48.5 Å². The summed E-state index contributed by atoms with van der Waals surface area (Å²) < 4.78 is 10.4. The molecular weight excluding hydrogens is 306 g/mol. The molecule has 0 amide bonds. The Morgan fingerprint density at radius 1 is 1.05 bits per heavy atom. The van der Waals surface area contributed by atoms with E-state index in [0.717, 1.165) is 5.56 Å². The van der Waals surface area contributed by atoms with Crippen LogP contribution in [-0.4, -0.2) is 16.2 Å². The Hall–Kier alpha value is -2.79. The van der Waals surface area contributed by atoms with Gasteiger partial charge in [-0.1, -0.05) is 16.8 Å². The molecule has 110 valence electrons. The van der Waals surface area contributed by atoms with Gasteiger partial charge in [-0.15, -0.1) is 0 Å². The molecule has 0 aliphatic heterocycles. The number of benzene rings is 2. The summed E-state index contributed by atoms with van der Waals surface area (Å²) in [7, 11) is 0. The minimum absolute atomic E-state index is 0.198. The van der Waals surface area contributed by atoms with E-state index >= 15 is 0 Å². The van der Waals surface area contributed by atoms with E-state index < -0.39 is 5.97 Å². The first kappa shape index (κ1) is 14.2. The maximum atomic E-state index is 10.8. The quantitative estimate of drug-likeness (QED) is 0.768. The lowest BCUT2D eigenvalue weighted by Crippen LogP contribution is -1.91. The maximum Gasteiger partial charge on any atom is 0.374 e. The van der Waals surface area contributed by atoms with Crippen molar-refractivity contribution in [2.75, 3.05) is 0 Å². The van der Waals surface area contributed by atoms with Gasteiger partial charge in [0.2, 0.25) is 5.76 Å². The van der Waals surface area contributed by atoms with Gasteiger partial charge in [0.15, 0.2) is 0 Å². The Morgan fingerprint density at radius 3 is 2.18 bits per heavy atom. The molecule has 3 rings (SSSR count). The highest BCUT2D eigenvalue weighted by atomic mass is 35.5. The maximum absolute atomic E-state index is 10.8. The summed E-state index contributed by atoms with van der Waals surface area (Å²) in [5, 5.41) is 13.2. The molecule has 1 aromatic heterocycles. The molecule has 0 unspecified atom stereocenters. The first-order valence-electron chi connectivity index (χ1n) is 6.36. The van der Waals surface area contributed by atoms with Gasteiger partial charge in [-0.3, -0.25) is 0 Å². The van der Waals surface area contributed by atoms with Crippen LogP contribution in [0.1, 0.15) is 10.6 Å². The average molecular weight is 316 g/mol. The number of carbonyl (C=O) groups is 1. The van der Waals surface area contributed by atoms with E-state index in [-0.39, 0.29) is 5.76 Å². The highest BCUT2D eigenvalue weighted by Gasteiger charge is 2.12. The summed E-state index contributed by atoms with van der Waals surface area (Å²) in [6.07, 6.45) is 0. The second-order valence-corrected chi connectivity index (χ2v) is 4.90. The van der Waals surface area contributed by atoms with E-state index in [2.05, 4.69) is 5.16 Å². The summed E-state index contributed by atoms with van der Waals surface area (Å²) in [6, 6.07) is 15.5. The van der Waals surface area contributed by atoms with Crippen LogP contribution in [-0.2, 0) is 0 Å². The molecule has 0 bridgehead atoms. The van der Waals surface area contributed by atoms with Gasteiger partial charge in [0.05, 0.1) is 0 Å². The lowest BCUT2D eigenvalue weighted by atomic mass is 10.1. The zero-order valence-electron chi connectivity index (χ0n) is 11.2. The van der Waals surface area contributed by atoms with Crippen LogP contribution in [0.2, 0.25) is 5.02 Å². The van der Waals surface area contributed by atoms with Gasteiger partial charge in [-0.25, -0.2) is 4.79 Å². The van der Waals surface area contributed by atoms with Crippen molar-refractivity contribution in [2.24, 2.45) is 0 Å². The number of aromatic carboxylic acids is 1. The fourth-order valence-electron chi connectivity index (χ4n) is 1.84. The molecule has 0 fully saturated rings. The normalized spacial score (nSPS) is 10.4. The Morgan fingerprint density at radius 2 is 1.64 bits per heavy atom. The third kappa shape index (κ3) is 3.10. The summed E-state index contributed by atoms with van der Waals surface area (Å²) in [5.74, 6) is -0.0299. The first-order valence-corrected chi connectivity index (χ1v) is 6.73. The SMILES string of the molecule is O=C(O)c1cc(-c2ccc(Oc3ccc(Cl)cc3)cc2)no1. The molecule has 0 aliphatic rings. The van der Waals surface area contributed by atoms with Crippen LogP contribution < -0.4 is 4.74 Å². The van der Waals surface area contributed by atoms with Crippen LogP contribution in [0.25, 0.3) is 11.3 Å². The highest BCUT2D eigenvalue weighted by molar-refractivity contribution is 6.30. The number of nitrogens with zero attached hydrogens (tertiary/aromatic N) is 1. The van der Waals surface area contributed by atoms with Gasteiger partial charge in [0.1, 0.15) is 17.2 Å². The molecule has 2 aromatic carbocycles. The molecule has 3 aromatic rings. The standard InChI is InChI=1S/C16H10ClNO4/c17-11-3-7-13(8-4-11)21-12-5-1-10(2-6-12)14-9-15(16(19)20)22-18-14/h1-9H,(H,19,20). The second kappa shape index (κ2) is 5.91. The number of hydrogen-bond acceptors (Lipinski definition) is 4. The van der Waals surface area contributed by atoms with E-state index in [9.17, 15) is 4.79 Å². The van der Waals surface area contributed by atoms with Crippen molar-refractivity contribution in [3.05, 3.63) is 65.4 Å². The lowest BCUT2D eigenvalue weighted by molar-refractivity contribution is 0.0652. The summed E-state index contributed by atoms with van der Waals surface area (Å²) in [5.41, 5.74) is 1.19. The van der Waals surface area contributed by atoms with Crippen molar-refractivity contribution in [1.82, 2.24) is 5.16 Å². The number of aromatic nitrogens is 1. The van der Waals surface area contributed by atoms with Crippen LogP contribution in [0, 0.1) is 0 Å². The van der Waals surface area contributed by atoms with Crippen molar-refractivity contribution in [1.29, 1.82) is 0 Å². The minimum atomic E-state index is -1.15. The zero-order valence-corrected chi connectivity index (χ0v) is 11.9. The Kier molecular flexibility index (Phi) is 3.80. The fraction of sp³-hybridized carbons (Fsp3) is 0. The van der Waals surface area contributed by atoms with Gasteiger partial charge in [0, 0.05) is 16.7 Å². The topological polar surface area (TPSA) is 72.6 Å². The first-order chi connectivity index (χ1) is 10.6. The predicted molar refractivity (Wildman–Crippen MR) is 80.4 cm³/mol. The monoisotopic (exact) mass is 315 g/mol. The van der Waals surface area contributed by atoms with Crippen LogP contribution in [0.15, 0.2) is 59.1 Å². The molecule has 0 aliphatic carbocycles. The van der Waals surface area contributed by atoms with Gasteiger partial charge in [0.25, 0.3) is 0 Å². The van der Waals surface area contributed by atoms with E-state index in [1.165, 1.54) is 6.07 Å². The number of hydrogen-bond donors (Lipinski definition) is 1. The molecule has 1 N–H and O–H groups in total. The van der Waals surface area contributed by atoms with Crippen molar-refractivity contribution < 1.29 is 19.2 Å². The molecule has 0 saturated carbocycles. The largest absolute Gasteiger partial charge is 0.475 e. The van der Waals surface area contributed by atoms with Crippen molar-refractivity contribution in [3.8, 4) is 22.8 Å². The van der Waals surface area contributed by atoms with Gasteiger partial charge in [-0.2, -0.15) is 0 Å². The average Bonchev–Trinajstić information content (AvgIpc) is 3.00. The second-order valence-electron chi connectivity index (χ2n) is 4.46. The number of rotatable bonds is 4. The van der Waals surface area contributed by atoms with Crippen LogP contribution in [0.3, 0.4) is 0 Å². The molecule has 0 spiro atoms. The molecule has 1 heterocycles. The molecule has 0 radical (unpaired) electrons. The molecule has 22 heavy (non-hydrogen) atoms. The third-order valence-electron chi connectivity index (χ3n) is 2.92. The molecular formula is C16H10ClNO4. The molecule has 6 heteroatoms. The van der Waals surface area contributed by atoms with Gasteiger partial charge < -0.3 is 14.4 Å². The van der Waals surface area contributed by atoms with E-state index in [0.29, 0.717) is 22.2 Å². The number of carboxylic acids is 1. The van der Waals surface area contributed by atoms with Crippen molar-refractivity contribution >= 4 is 17.6 Å². The predicted octanol–water partition coefficient (Wildman–Crippen LogP) is 4.49. The van der Waals surface area contributed by atoms with Crippen molar-refractivity contribution in [2.45, 2.75) is 0 Å². The van der Waals surface area contributed by atoms with Gasteiger partial charge >= 0.3 is 5.97 Å². The number of carboxylic acid groups (broad SMARTS) is 1. The molecule has 0 saturated heterocycles. The molecule has 0 atom stereocenters. The van der Waals surface area contributed by atoms with E-state index in [1.807, 2.05) is 0 Å². The zero-order chi connectivity index (χ0) is 15.5. The highest BCUT2D eigenvalue weighted by Crippen LogP contribution is 2.26. The lowest BCUT2D eigenvalue weighted by Gasteiger charge is -2.06. The van der Waals surface area contributed by atoms with Crippen LogP contribution in [0.5, 0.6) is 11.5 Å². The number of ether oxygens (including phenoxy) is 1. The number of halogens is 1. The van der Waals surface area contributed by atoms with Crippen molar-refractivity contribution in [3.63, 3.8) is 0 Å². The van der Waals surface area contributed by atoms with Crippen LogP contribution in [0.4, 0.5) is 0 Å².